The van der Waals surface area contributed by atoms with Crippen LogP contribution < -0.4 is 15.8 Å². The van der Waals surface area contributed by atoms with Gasteiger partial charge in [0.05, 0.1) is 23.4 Å². The molecule has 2 rings (SSSR count). The zero-order valence-electron chi connectivity index (χ0n) is 12.8. The van der Waals surface area contributed by atoms with Gasteiger partial charge in [0.25, 0.3) is 5.91 Å². The largest absolute Gasteiger partial charge is 0.496 e. The van der Waals surface area contributed by atoms with Crippen LogP contribution in [0.4, 0.5) is 5.69 Å². The van der Waals surface area contributed by atoms with Gasteiger partial charge < -0.3 is 15.8 Å². The summed E-state index contributed by atoms with van der Waals surface area (Å²) in [5.74, 6) is 0.928. The summed E-state index contributed by atoms with van der Waals surface area (Å²) in [6, 6.07) is 3.14. The minimum atomic E-state index is -0.163. The predicted molar refractivity (Wildman–Crippen MR) is 85.9 cm³/mol. The molecule has 4 nitrogen and oxygen atoms in total. The molecule has 0 atom stereocenters. The molecule has 0 saturated heterocycles. The van der Waals surface area contributed by atoms with Crippen LogP contribution in [0.25, 0.3) is 0 Å². The Morgan fingerprint density at radius 2 is 2.14 bits per heavy atom. The lowest BCUT2D eigenvalue weighted by Crippen LogP contribution is -2.31. The second kappa shape index (κ2) is 6.14. The normalized spacial score (nSPS) is 15.9. The molecule has 5 heteroatoms. The number of carbonyl (C=O) groups excluding carboxylic acids is 1. The maximum Gasteiger partial charge on any atom is 0.255 e. The summed E-state index contributed by atoms with van der Waals surface area (Å²) in [6.45, 7) is 5.13. The molecule has 0 bridgehead atoms. The van der Waals surface area contributed by atoms with Crippen LogP contribution >= 0.6 is 11.6 Å². The van der Waals surface area contributed by atoms with Crippen LogP contribution in [-0.4, -0.2) is 19.6 Å². The maximum absolute atomic E-state index is 12.4. The molecule has 0 aromatic heterocycles. The van der Waals surface area contributed by atoms with Crippen LogP contribution in [0.1, 0.15) is 43.5 Å². The number of nitrogens with one attached hydrogen (secondary N) is 1. The SMILES string of the molecule is COc1cc(N)c(Cl)cc1C(=O)NCC1(CC(C)C)CC1. The molecule has 3 N–H and O–H groups in total. The fourth-order valence-electron chi connectivity index (χ4n) is 2.77. The van der Waals surface area contributed by atoms with Crippen LogP contribution in [0.15, 0.2) is 12.1 Å². The standard InChI is InChI=1S/C16H23ClN2O2/c1-10(2)8-16(4-5-16)9-19-15(20)11-6-12(17)13(18)7-14(11)21-3/h6-7,10H,4-5,8-9,18H2,1-3H3,(H,19,20). The van der Waals surface area contributed by atoms with Gasteiger partial charge >= 0.3 is 0 Å². The number of anilines is 1. The van der Waals surface area contributed by atoms with E-state index >= 15 is 0 Å². The maximum atomic E-state index is 12.4. The number of amides is 1. The second-order valence-electron chi connectivity index (χ2n) is 6.35. The lowest BCUT2D eigenvalue weighted by molar-refractivity contribution is 0.0939. The lowest BCUT2D eigenvalue weighted by Gasteiger charge is -2.19. The van der Waals surface area contributed by atoms with Crippen molar-refractivity contribution in [2.24, 2.45) is 11.3 Å². The summed E-state index contributed by atoms with van der Waals surface area (Å²) in [7, 11) is 1.51. The molecule has 0 unspecified atom stereocenters. The number of hydrogen-bond donors (Lipinski definition) is 2. The molecule has 116 valence electrons. The molecule has 0 aliphatic heterocycles. The van der Waals surface area contributed by atoms with E-state index in [2.05, 4.69) is 19.2 Å². The Bertz CT molecular complexity index is 539. The summed E-state index contributed by atoms with van der Waals surface area (Å²) < 4.78 is 5.21. The fourth-order valence-corrected chi connectivity index (χ4v) is 2.94. The van der Waals surface area contributed by atoms with Crippen LogP contribution in [-0.2, 0) is 0 Å². The molecule has 0 radical (unpaired) electrons. The first kappa shape index (κ1) is 16.0. The molecule has 1 aliphatic rings. The molecule has 0 heterocycles. The number of methoxy groups -OCH3 is 1. The van der Waals surface area contributed by atoms with Crippen molar-refractivity contribution < 1.29 is 9.53 Å². The Labute approximate surface area is 131 Å². The third-order valence-electron chi connectivity index (χ3n) is 3.99. The monoisotopic (exact) mass is 310 g/mol. The first-order valence-electron chi connectivity index (χ1n) is 7.28. The zero-order chi connectivity index (χ0) is 15.6. The number of ether oxygens (including phenoxy) is 1. The van der Waals surface area contributed by atoms with E-state index in [-0.39, 0.29) is 11.3 Å². The van der Waals surface area contributed by atoms with Gasteiger partial charge in [-0.3, -0.25) is 4.79 Å². The Morgan fingerprint density at radius 3 is 2.67 bits per heavy atom. The van der Waals surface area contributed by atoms with Crippen molar-refractivity contribution in [3.05, 3.63) is 22.7 Å². The summed E-state index contributed by atoms with van der Waals surface area (Å²) in [4.78, 5) is 12.4. The van der Waals surface area contributed by atoms with E-state index in [0.717, 1.165) is 6.42 Å². The highest BCUT2D eigenvalue weighted by atomic mass is 35.5. The average Bonchev–Trinajstić information content (AvgIpc) is 3.17. The van der Waals surface area contributed by atoms with E-state index in [9.17, 15) is 4.79 Å². The molecule has 1 saturated carbocycles. The summed E-state index contributed by atoms with van der Waals surface area (Å²) in [5, 5.41) is 3.38. The summed E-state index contributed by atoms with van der Waals surface area (Å²) in [5.41, 5.74) is 6.85. The van der Waals surface area contributed by atoms with E-state index in [1.165, 1.54) is 20.0 Å². The topological polar surface area (TPSA) is 64.3 Å². The Morgan fingerprint density at radius 1 is 1.48 bits per heavy atom. The number of nitrogen functional groups attached to an aromatic ring is 1. The van der Waals surface area contributed by atoms with Gasteiger partial charge in [-0.25, -0.2) is 0 Å². The van der Waals surface area contributed by atoms with E-state index in [4.69, 9.17) is 22.1 Å². The van der Waals surface area contributed by atoms with Crippen LogP contribution in [0.3, 0.4) is 0 Å². The van der Waals surface area contributed by atoms with Gasteiger partial charge in [-0.1, -0.05) is 25.4 Å². The highest BCUT2D eigenvalue weighted by Crippen LogP contribution is 2.50. The number of carbonyl (C=O) groups is 1. The third-order valence-corrected chi connectivity index (χ3v) is 4.31. The highest BCUT2D eigenvalue weighted by molar-refractivity contribution is 6.33. The van der Waals surface area contributed by atoms with Gasteiger partial charge in [0.15, 0.2) is 0 Å². The second-order valence-corrected chi connectivity index (χ2v) is 6.76. The molecular formula is C16H23ClN2O2. The summed E-state index contributed by atoms with van der Waals surface area (Å²) in [6.07, 6.45) is 3.52. The molecule has 0 spiro atoms. The van der Waals surface area contributed by atoms with Crippen molar-refractivity contribution in [3.63, 3.8) is 0 Å². The number of rotatable bonds is 6. The van der Waals surface area contributed by atoms with E-state index in [0.29, 0.717) is 34.5 Å². The van der Waals surface area contributed by atoms with Crippen molar-refractivity contribution in [3.8, 4) is 5.75 Å². The molecule has 21 heavy (non-hydrogen) atoms. The predicted octanol–water partition coefficient (Wildman–Crippen LogP) is 3.49. The van der Waals surface area contributed by atoms with Gasteiger partial charge in [0, 0.05) is 12.6 Å². The number of hydrogen-bond acceptors (Lipinski definition) is 3. The van der Waals surface area contributed by atoms with Gasteiger partial charge in [-0.15, -0.1) is 0 Å². The number of halogens is 1. The molecule has 1 fully saturated rings. The highest BCUT2D eigenvalue weighted by Gasteiger charge is 2.42. The smallest absolute Gasteiger partial charge is 0.255 e. The number of nitrogens with two attached hydrogens (primary N) is 1. The third kappa shape index (κ3) is 3.82. The van der Waals surface area contributed by atoms with Gasteiger partial charge in [0.1, 0.15) is 5.75 Å². The first-order chi connectivity index (χ1) is 9.87. The molecule has 1 aromatic rings. The van der Waals surface area contributed by atoms with Gasteiger partial charge in [-0.2, -0.15) is 0 Å². The van der Waals surface area contributed by atoms with E-state index in [1.807, 2.05) is 0 Å². The zero-order valence-corrected chi connectivity index (χ0v) is 13.6. The first-order valence-corrected chi connectivity index (χ1v) is 7.66. The fraction of sp³-hybridized carbons (Fsp3) is 0.562. The van der Waals surface area contributed by atoms with Crippen molar-refractivity contribution in [1.29, 1.82) is 0 Å². The molecule has 1 amide bonds. The van der Waals surface area contributed by atoms with Crippen molar-refractivity contribution in [1.82, 2.24) is 5.32 Å². The van der Waals surface area contributed by atoms with Crippen LogP contribution in [0.2, 0.25) is 5.02 Å². The van der Waals surface area contributed by atoms with Crippen LogP contribution in [0.5, 0.6) is 5.75 Å². The van der Waals surface area contributed by atoms with E-state index in [1.54, 1.807) is 12.1 Å². The lowest BCUT2D eigenvalue weighted by atomic mass is 9.94. The average molecular weight is 311 g/mol. The van der Waals surface area contributed by atoms with Crippen molar-refractivity contribution >= 4 is 23.2 Å². The molecular weight excluding hydrogens is 288 g/mol. The Kier molecular flexibility index (Phi) is 4.67. The van der Waals surface area contributed by atoms with Crippen molar-refractivity contribution in [2.45, 2.75) is 33.1 Å². The Hall–Kier alpha value is -1.42. The minimum Gasteiger partial charge on any atom is -0.496 e. The van der Waals surface area contributed by atoms with Gasteiger partial charge in [-0.05, 0) is 36.7 Å². The number of benzene rings is 1. The minimum absolute atomic E-state index is 0.163. The van der Waals surface area contributed by atoms with Crippen LogP contribution in [0, 0.1) is 11.3 Å². The van der Waals surface area contributed by atoms with E-state index < -0.39 is 0 Å². The van der Waals surface area contributed by atoms with Crippen molar-refractivity contribution in [2.75, 3.05) is 19.4 Å². The Balaban J connectivity index is 2.06. The van der Waals surface area contributed by atoms with Gasteiger partial charge in [0.2, 0.25) is 0 Å². The molecule has 1 aromatic carbocycles. The molecule has 1 aliphatic carbocycles. The quantitative estimate of drug-likeness (QED) is 0.791. The summed E-state index contributed by atoms with van der Waals surface area (Å²) >= 11 is 6.00.